The lowest BCUT2D eigenvalue weighted by Crippen LogP contribution is -2.28. The molecule has 0 aromatic heterocycles. The van der Waals surface area contributed by atoms with E-state index in [1.54, 1.807) is 11.8 Å². The van der Waals surface area contributed by atoms with Crippen LogP contribution in [0.15, 0.2) is 29.2 Å². The molecule has 1 aromatic carbocycles. The van der Waals surface area contributed by atoms with Crippen LogP contribution in [0.25, 0.3) is 0 Å². The van der Waals surface area contributed by atoms with Crippen LogP contribution in [0, 0.1) is 0 Å². The zero-order valence-corrected chi connectivity index (χ0v) is 9.10. The first-order valence-corrected chi connectivity index (χ1v) is 6.05. The van der Waals surface area contributed by atoms with Gasteiger partial charge in [0.1, 0.15) is 5.60 Å². The van der Waals surface area contributed by atoms with Crippen molar-refractivity contribution >= 4 is 11.8 Å². The number of hydrogen-bond donors (Lipinski definition) is 2. The van der Waals surface area contributed by atoms with Crippen LogP contribution >= 0.6 is 11.8 Å². The van der Waals surface area contributed by atoms with E-state index in [4.69, 9.17) is 0 Å². The maximum absolute atomic E-state index is 10.4. The second kappa shape index (κ2) is 3.93. The lowest BCUT2D eigenvalue weighted by Gasteiger charge is -2.24. The molecule has 1 atom stereocenters. The summed E-state index contributed by atoms with van der Waals surface area (Å²) in [5.74, 6) is 0. The van der Waals surface area contributed by atoms with Crippen LogP contribution in [-0.4, -0.2) is 24.5 Å². The summed E-state index contributed by atoms with van der Waals surface area (Å²) in [5.41, 5.74) is 0.414. The van der Waals surface area contributed by atoms with Crippen LogP contribution in [0.4, 0.5) is 0 Å². The van der Waals surface area contributed by atoms with E-state index >= 15 is 0 Å². The maximum atomic E-state index is 10.4. The van der Waals surface area contributed by atoms with Crippen molar-refractivity contribution in [3.05, 3.63) is 29.8 Å². The highest BCUT2D eigenvalue weighted by atomic mass is 32.2. The van der Waals surface area contributed by atoms with Gasteiger partial charge < -0.3 is 10.4 Å². The van der Waals surface area contributed by atoms with Gasteiger partial charge in [0.2, 0.25) is 0 Å². The summed E-state index contributed by atoms with van der Waals surface area (Å²) in [4.78, 5) is 1.18. The van der Waals surface area contributed by atoms with Crippen LogP contribution < -0.4 is 5.32 Å². The largest absolute Gasteiger partial charge is 0.384 e. The monoisotopic (exact) mass is 209 g/mol. The van der Waals surface area contributed by atoms with E-state index in [2.05, 4.69) is 11.4 Å². The molecule has 1 aromatic rings. The minimum absolute atomic E-state index is 0.653. The molecule has 14 heavy (non-hydrogen) atoms. The third-order valence-electron chi connectivity index (χ3n) is 2.74. The van der Waals surface area contributed by atoms with Crippen LogP contribution in [0.3, 0.4) is 0 Å². The smallest absolute Gasteiger partial charge is 0.104 e. The first-order valence-electron chi connectivity index (χ1n) is 4.83. The lowest BCUT2D eigenvalue weighted by atomic mass is 9.93. The van der Waals surface area contributed by atoms with Gasteiger partial charge in [0, 0.05) is 11.4 Å². The lowest BCUT2D eigenvalue weighted by molar-refractivity contribution is 0.0560. The molecular formula is C11H15NOS. The van der Waals surface area contributed by atoms with E-state index in [9.17, 15) is 5.11 Å². The van der Waals surface area contributed by atoms with Gasteiger partial charge >= 0.3 is 0 Å². The van der Waals surface area contributed by atoms with E-state index < -0.39 is 5.60 Å². The second-order valence-corrected chi connectivity index (χ2v) is 4.51. The molecule has 0 amide bonds. The molecule has 1 aliphatic rings. The fourth-order valence-electron chi connectivity index (χ4n) is 1.94. The van der Waals surface area contributed by atoms with Crippen molar-refractivity contribution in [1.82, 2.24) is 5.32 Å². The standard InChI is InChI=1S/C11H15NOS/c1-14-10-5-3-2-4-9(10)11(13)6-7-12-8-11/h2-5,12-13H,6-8H2,1H3. The molecule has 2 N–H and O–H groups in total. The van der Waals surface area contributed by atoms with Gasteiger partial charge in [-0.2, -0.15) is 0 Å². The summed E-state index contributed by atoms with van der Waals surface area (Å²) >= 11 is 1.69. The summed E-state index contributed by atoms with van der Waals surface area (Å²) in [5, 5.41) is 13.6. The number of aliphatic hydroxyl groups is 1. The van der Waals surface area contributed by atoms with Gasteiger partial charge in [-0.05, 0) is 30.9 Å². The van der Waals surface area contributed by atoms with Gasteiger partial charge in [-0.25, -0.2) is 0 Å². The quantitative estimate of drug-likeness (QED) is 0.726. The molecule has 0 spiro atoms. The van der Waals surface area contributed by atoms with Crippen molar-refractivity contribution in [2.24, 2.45) is 0 Å². The zero-order chi connectivity index (χ0) is 10.0. The molecule has 0 bridgehead atoms. The third-order valence-corrected chi connectivity index (χ3v) is 3.54. The first-order chi connectivity index (χ1) is 6.76. The fourth-order valence-corrected chi connectivity index (χ4v) is 2.63. The van der Waals surface area contributed by atoms with E-state index in [0.717, 1.165) is 18.5 Å². The SMILES string of the molecule is CSc1ccccc1C1(O)CCNC1. The number of hydrogen-bond acceptors (Lipinski definition) is 3. The van der Waals surface area contributed by atoms with Gasteiger partial charge in [-0.15, -0.1) is 11.8 Å². The molecule has 2 rings (SSSR count). The van der Waals surface area contributed by atoms with E-state index in [-0.39, 0.29) is 0 Å². The van der Waals surface area contributed by atoms with Crippen molar-refractivity contribution in [3.8, 4) is 0 Å². The minimum atomic E-state index is -0.653. The molecular weight excluding hydrogens is 194 g/mol. The summed E-state index contributed by atoms with van der Waals surface area (Å²) in [6, 6.07) is 8.10. The Balaban J connectivity index is 2.39. The van der Waals surface area contributed by atoms with E-state index in [1.165, 1.54) is 4.90 Å². The third kappa shape index (κ3) is 1.67. The zero-order valence-electron chi connectivity index (χ0n) is 8.29. The normalized spacial score (nSPS) is 26.7. The van der Waals surface area contributed by atoms with E-state index in [1.807, 2.05) is 24.5 Å². The Morgan fingerprint density at radius 1 is 1.43 bits per heavy atom. The van der Waals surface area contributed by atoms with Crippen LogP contribution in [0.2, 0.25) is 0 Å². The van der Waals surface area contributed by atoms with Crippen LogP contribution in [0.1, 0.15) is 12.0 Å². The topological polar surface area (TPSA) is 32.3 Å². The summed E-state index contributed by atoms with van der Waals surface area (Å²) in [6.07, 6.45) is 2.86. The highest BCUT2D eigenvalue weighted by Crippen LogP contribution is 2.33. The maximum Gasteiger partial charge on any atom is 0.104 e. The van der Waals surface area contributed by atoms with Gasteiger partial charge in [0.25, 0.3) is 0 Å². The number of thioether (sulfide) groups is 1. The predicted molar refractivity (Wildman–Crippen MR) is 59.6 cm³/mol. The Kier molecular flexibility index (Phi) is 2.81. The van der Waals surface area contributed by atoms with Crippen LogP contribution in [-0.2, 0) is 5.60 Å². The van der Waals surface area contributed by atoms with Crippen molar-refractivity contribution in [2.45, 2.75) is 16.9 Å². The highest BCUT2D eigenvalue weighted by Gasteiger charge is 2.34. The molecule has 0 radical (unpaired) electrons. The number of rotatable bonds is 2. The molecule has 3 heteroatoms. The number of β-amino-alcohol motifs (C(OH)–C–C–N with tert-alkyl or cyclic N) is 1. The van der Waals surface area contributed by atoms with Gasteiger partial charge in [0.15, 0.2) is 0 Å². The Hall–Kier alpha value is -0.510. The Morgan fingerprint density at radius 3 is 2.86 bits per heavy atom. The average Bonchev–Trinajstić information content (AvgIpc) is 2.66. The van der Waals surface area contributed by atoms with Crippen molar-refractivity contribution in [3.63, 3.8) is 0 Å². The molecule has 0 aliphatic carbocycles. The molecule has 1 heterocycles. The highest BCUT2D eigenvalue weighted by molar-refractivity contribution is 7.98. The van der Waals surface area contributed by atoms with Gasteiger partial charge in [-0.1, -0.05) is 18.2 Å². The fraction of sp³-hybridized carbons (Fsp3) is 0.455. The minimum Gasteiger partial charge on any atom is -0.384 e. The number of benzene rings is 1. The van der Waals surface area contributed by atoms with Crippen molar-refractivity contribution in [1.29, 1.82) is 0 Å². The van der Waals surface area contributed by atoms with Crippen molar-refractivity contribution in [2.75, 3.05) is 19.3 Å². The number of nitrogens with one attached hydrogen (secondary N) is 1. The summed E-state index contributed by atoms with van der Waals surface area (Å²) in [7, 11) is 0. The second-order valence-electron chi connectivity index (χ2n) is 3.66. The molecule has 1 unspecified atom stereocenters. The van der Waals surface area contributed by atoms with Gasteiger partial charge in [-0.3, -0.25) is 0 Å². The summed E-state index contributed by atoms with van der Waals surface area (Å²) < 4.78 is 0. The van der Waals surface area contributed by atoms with Crippen molar-refractivity contribution < 1.29 is 5.11 Å². The molecule has 1 fully saturated rings. The average molecular weight is 209 g/mol. The molecule has 2 nitrogen and oxygen atoms in total. The molecule has 76 valence electrons. The Bertz CT molecular complexity index is 321. The molecule has 0 saturated carbocycles. The molecule has 1 saturated heterocycles. The van der Waals surface area contributed by atoms with E-state index in [0.29, 0.717) is 6.54 Å². The first kappa shape index (κ1) is 10.0. The molecule has 1 aliphatic heterocycles. The predicted octanol–water partition coefficient (Wildman–Crippen LogP) is 1.59. The Labute approximate surface area is 88.7 Å². The Morgan fingerprint density at radius 2 is 2.21 bits per heavy atom. The van der Waals surface area contributed by atoms with Gasteiger partial charge in [0.05, 0.1) is 0 Å². The van der Waals surface area contributed by atoms with Crippen LogP contribution in [0.5, 0.6) is 0 Å². The summed E-state index contributed by atoms with van der Waals surface area (Å²) in [6.45, 7) is 1.57.